The van der Waals surface area contributed by atoms with Crippen LogP contribution < -0.4 is 0 Å². The first-order valence-corrected chi connectivity index (χ1v) is 9.42. The van der Waals surface area contributed by atoms with Gasteiger partial charge in [-0.15, -0.1) is 0 Å². The van der Waals surface area contributed by atoms with E-state index in [1.54, 1.807) is 0 Å². The molecule has 0 saturated carbocycles. The van der Waals surface area contributed by atoms with E-state index in [1.165, 1.54) is 5.56 Å². The number of rotatable bonds is 2. The molecule has 0 aliphatic carbocycles. The summed E-state index contributed by atoms with van der Waals surface area (Å²) in [5.41, 5.74) is 1.98. The molecule has 2 rings (SSSR count). The average Bonchev–Trinajstić information content (AvgIpc) is 2.56. The number of hydrogen-bond acceptors (Lipinski definition) is 1. The summed E-state index contributed by atoms with van der Waals surface area (Å²) in [6, 6.07) is 10.5. The molecule has 1 unspecified atom stereocenters. The Balaban J connectivity index is 2.40. The van der Waals surface area contributed by atoms with E-state index in [0.29, 0.717) is 0 Å². The fourth-order valence-electron chi connectivity index (χ4n) is 2.44. The molecule has 1 aliphatic rings. The largest absolute Gasteiger partial charge is 0.359 e. The van der Waals surface area contributed by atoms with Crippen molar-refractivity contribution in [3.63, 3.8) is 0 Å². The van der Waals surface area contributed by atoms with Gasteiger partial charge in [0.1, 0.15) is 0 Å². The molecule has 17 heavy (non-hydrogen) atoms. The topological polar surface area (TPSA) is 20.3 Å². The van der Waals surface area contributed by atoms with Crippen LogP contribution in [0.1, 0.15) is 18.0 Å². The second-order valence-electron chi connectivity index (χ2n) is 5.58. The van der Waals surface area contributed by atoms with Gasteiger partial charge in [-0.2, -0.15) is 0 Å². The third-order valence-electron chi connectivity index (χ3n) is 3.18. The summed E-state index contributed by atoms with van der Waals surface area (Å²) in [5, 5.41) is 0. The molecule has 1 amide bonds. The monoisotopic (exact) mass is 245 g/mol. The molecule has 1 fully saturated rings. The number of carbonyl (C=O) groups is 1. The van der Waals surface area contributed by atoms with Crippen molar-refractivity contribution >= 4 is 14.1 Å². The van der Waals surface area contributed by atoms with E-state index in [0.717, 1.165) is 12.0 Å². The zero-order valence-electron chi connectivity index (χ0n) is 10.7. The molecule has 1 atom stereocenters. The molecule has 0 bridgehead atoms. The Morgan fingerprint density at radius 3 is 2.35 bits per heavy atom. The maximum atomic E-state index is 12.2. The summed E-state index contributed by atoms with van der Waals surface area (Å²) >= 11 is 0. The number of amides is 1. The van der Waals surface area contributed by atoms with Crippen molar-refractivity contribution < 1.29 is 4.79 Å². The van der Waals surface area contributed by atoms with Gasteiger partial charge in [0.15, 0.2) is 8.24 Å². The number of carbonyl (C=O) groups excluding carboxylic acids is 1. The second-order valence-corrected chi connectivity index (χ2v) is 10.4. The van der Waals surface area contributed by atoms with Crippen molar-refractivity contribution in [2.24, 2.45) is 0 Å². The van der Waals surface area contributed by atoms with Crippen LogP contribution in [0.5, 0.6) is 0 Å². The van der Waals surface area contributed by atoms with Gasteiger partial charge in [0.05, 0.1) is 6.04 Å². The number of nitrogens with zero attached hydrogens (tertiary/aromatic N) is 1. The Morgan fingerprint density at radius 1 is 1.24 bits per heavy atom. The van der Waals surface area contributed by atoms with Gasteiger partial charge in [0.25, 0.3) is 0 Å². The van der Waals surface area contributed by atoms with Crippen LogP contribution in [0.3, 0.4) is 0 Å². The fourth-order valence-corrected chi connectivity index (χ4v) is 4.38. The Labute approximate surface area is 104 Å². The molecule has 2 nitrogen and oxygen atoms in total. The maximum absolute atomic E-state index is 12.2. The molecule has 1 aromatic carbocycles. The van der Waals surface area contributed by atoms with Crippen molar-refractivity contribution in [3.05, 3.63) is 48.0 Å². The molecule has 0 spiro atoms. The highest BCUT2D eigenvalue weighted by Crippen LogP contribution is 2.38. The van der Waals surface area contributed by atoms with Crippen LogP contribution in [0.25, 0.3) is 0 Å². The van der Waals surface area contributed by atoms with Crippen LogP contribution in [0, 0.1) is 0 Å². The Bertz CT molecular complexity index is 447. The molecular weight excluding hydrogens is 226 g/mol. The summed E-state index contributed by atoms with van der Waals surface area (Å²) in [6.07, 6.45) is 0.771. The van der Waals surface area contributed by atoms with Crippen LogP contribution in [-0.4, -0.2) is 18.7 Å². The van der Waals surface area contributed by atoms with E-state index < -0.39 is 8.24 Å². The predicted octanol–water partition coefficient (Wildman–Crippen LogP) is 3.35. The minimum Gasteiger partial charge on any atom is -0.359 e. The van der Waals surface area contributed by atoms with Gasteiger partial charge in [0.2, 0.25) is 5.91 Å². The van der Waals surface area contributed by atoms with Gasteiger partial charge in [-0.25, -0.2) is 0 Å². The molecule has 1 saturated heterocycles. The van der Waals surface area contributed by atoms with E-state index >= 15 is 0 Å². The highest BCUT2D eigenvalue weighted by molar-refractivity contribution is 6.76. The van der Waals surface area contributed by atoms with E-state index in [-0.39, 0.29) is 11.9 Å². The third kappa shape index (κ3) is 2.20. The summed E-state index contributed by atoms with van der Waals surface area (Å²) in [4.78, 5) is 12.2. The van der Waals surface area contributed by atoms with Gasteiger partial charge >= 0.3 is 0 Å². The lowest BCUT2D eigenvalue weighted by molar-refractivity contribution is -0.122. The average molecular weight is 245 g/mol. The standard InChI is InChI=1S/C14H19NOSi/c1-11-10-13(12-8-6-5-7-9-12)15(14(11)16)17(2,3)4/h5-9,13H,1,10H2,2-4H3. The third-order valence-corrected chi connectivity index (χ3v) is 5.14. The normalized spacial score (nSPS) is 21.1. The predicted molar refractivity (Wildman–Crippen MR) is 73.1 cm³/mol. The zero-order valence-corrected chi connectivity index (χ0v) is 11.7. The van der Waals surface area contributed by atoms with Crippen LogP contribution in [-0.2, 0) is 4.79 Å². The summed E-state index contributed by atoms with van der Waals surface area (Å²) in [7, 11) is -1.65. The van der Waals surface area contributed by atoms with Gasteiger partial charge in [-0.3, -0.25) is 4.79 Å². The van der Waals surface area contributed by atoms with Gasteiger partial charge in [-0.1, -0.05) is 56.6 Å². The summed E-state index contributed by atoms with van der Waals surface area (Å²) in [6.45, 7) is 10.5. The number of hydrogen-bond donors (Lipinski definition) is 0. The highest BCUT2D eigenvalue weighted by Gasteiger charge is 2.41. The highest BCUT2D eigenvalue weighted by atomic mass is 28.3. The van der Waals surface area contributed by atoms with Gasteiger partial charge in [0, 0.05) is 12.0 Å². The first-order valence-electron chi connectivity index (χ1n) is 5.97. The number of benzene rings is 1. The Hall–Kier alpha value is -1.35. The lowest BCUT2D eigenvalue weighted by Gasteiger charge is -2.35. The molecule has 1 aromatic rings. The van der Waals surface area contributed by atoms with E-state index in [1.807, 2.05) is 18.2 Å². The Kier molecular flexibility index (Phi) is 2.95. The molecule has 1 heterocycles. The smallest absolute Gasteiger partial charge is 0.241 e. The van der Waals surface area contributed by atoms with Crippen molar-refractivity contribution in [1.29, 1.82) is 0 Å². The molecule has 0 aromatic heterocycles. The van der Waals surface area contributed by atoms with Crippen molar-refractivity contribution in [2.45, 2.75) is 32.1 Å². The SMILES string of the molecule is C=C1CC(c2ccccc2)N([Si](C)(C)C)C1=O. The first-order chi connectivity index (χ1) is 7.91. The quantitative estimate of drug-likeness (QED) is 0.578. The van der Waals surface area contributed by atoms with E-state index in [9.17, 15) is 4.79 Å². The lowest BCUT2D eigenvalue weighted by atomic mass is 10.0. The zero-order chi connectivity index (χ0) is 12.6. The van der Waals surface area contributed by atoms with Gasteiger partial charge in [-0.05, 0) is 5.56 Å². The maximum Gasteiger partial charge on any atom is 0.241 e. The fraction of sp³-hybridized carbons (Fsp3) is 0.357. The van der Waals surface area contributed by atoms with Crippen LogP contribution in [0.2, 0.25) is 19.6 Å². The van der Waals surface area contributed by atoms with Crippen molar-refractivity contribution in [1.82, 2.24) is 4.57 Å². The van der Waals surface area contributed by atoms with Crippen LogP contribution >= 0.6 is 0 Å². The molecule has 0 N–H and O–H groups in total. The second kappa shape index (κ2) is 4.15. The first kappa shape index (κ1) is 12.1. The Morgan fingerprint density at radius 2 is 1.82 bits per heavy atom. The van der Waals surface area contributed by atoms with E-state index in [4.69, 9.17) is 0 Å². The van der Waals surface area contributed by atoms with Crippen LogP contribution in [0.4, 0.5) is 0 Å². The minimum atomic E-state index is -1.65. The molecule has 0 radical (unpaired) electrons. The van der Waals surface area contributed by atoms with Crippen molar-refractivity contribution in [3.8, 4) is 0 Å². The van der Waals surface area contributed by atoms with Crippen molar-refractivity contribution in [2.75, 3.05) is 0 Å². The summed E-state index contributed by atoms with van der Waals surface area (Å²) < 4.78 is 2.09. The minimum absolute atomic E-state index is 0.151. The van der Waals surface area contributed by atoms with Gasteiger partial charge < -0.3 is 4.57 Å². The molecule has 3 heteroatoms. The molecular formula is C14H19NOSi. The molecule has 1 aliphatic heterocycles. The van der Waals surface area contributed by atoms with E-state index in [2.05, 4.69) is 42.9 Å². The van der Waals surface area contributed by atoms with Crippen LogP contribution in [0.15, 0.2) is 42.5 Å². The summed E-state index contributed by atoms with van der Waals surface area (Å²) in [5.74, 6) is 0.151. The molecule has 90 valence electrons. The lowest BCUT2D eigenvalue weighted by Crippen LogP contribution is -2.48.